The molecule has 3 aromatic rings. The summed E-state index contributed by atoms with van der Waals surface area (Å²) in [6.07, 6.45) is 4.00. The summed E-state index contributed by atoms with van der Waals surface area (Å²) in [6.45, 7) is 0. The maximum Gasteiger partial charge on any atom is 0.335 e. The first-order valence-electron chi connectivity index (χ1n) is 8.85. The molecule has 0 saturated carbocycles. The second-order valence-corrected chi connectivity index (χ2v) is 6.23. The van der Waals surface area contributed by atoms with Crippen molar-refractivity contribution in [3.8, 4) is 11.5 Å². The van der Waals surface area contributed by atoms with Crippen LogP contribution in [0.2, 0.25) is 0 Å². The van der Waals surface area contributed by atoms with E-state index in [1.807, 2.05) is 60.7 Å². The molecule has 0 atom stereocenters. The third-order valence-corrected chi connectivity index (χ3v) is 4.31. The van der Waals surface area contributed by atoms with E-state index in [0.29, 0.717) is 5.56 Å². The minimum atomic E-state index is -0.883. The SMILES string of the molecule is O=C(O)c1ccc(CCCCc2ccccc2Oc2ccccc2)cc1. The van der Waals surface area contributed by atoms with Gasteiger partial charge in [-0.3, -0.25) is 0 Å². The van der Waals surface area contributed by atoms with E-state index in [1.165, 1.54) is 11.1 Å². The monoisotopic (exact) mass is 346 g/mol. The molecule has 0 saturated heterocycles. The number of hydrogen-bond donors (Lipinski definition) is 1. The Kier molecular flexibility index (Phi) is 6.05. The molecule has 0 radical (unpaired) electrons. The number of aryl methyl sites for hydroxylation is 2. The van der Waals surface area contributed by atoms with Crippen molar-refractivity contribution in [1.82, 2.24) is 0 Å². The molecule has 0 unspecified atom stereocenters. The summed E-state index contributed by atoms with van der Waals surface area (Å²) in [6, 6.07) is 25.1. The number of carboxylic acids is 1. The van der Waals surface area contributed by atoms with Crippen LogP contribution in [-0.4, -0.2) is 11.1 Å². The summed E-state index contributed by atoms with van der Waals surface area (Å²) >= 11 is 0. The zero-order chi connectivity index (χ0) is 18.2. The minimum absolute atomic E-state index is 0.334. The van der Waals surface area contributed by atoms with Crippen LogP contribution in [0.25, 0.3) is 0 Å². The predicted octanol–water partition coefficient (Wildman–Crippen LogP) is 5.74. The summed E-state index contributed by atoms with van der Waals surface area (Å²) in [5, 5.41) is 8.94. The lowest BCUT2D eigenvalue weighted by molar-refractivity contribution is 0.0697. The van der Waals surface area contributed by atoms with Gasteiger partial charge in [-0.25, -0.2) is 4.79 Å². The zero-order valence-corrected chi connectivity index (χ0v) is 14.6. The summed E-state index contributed by atoms with van der Waals surface area (Å²) < 4.78 is 6.00. The molecule has 132 valence electrons. The highest BCUT2D eigenvalue weighted by atomic mass is 16.5. The Morgan fingerprint density at radius 2 is 1.42 bits per heavy atom. The molecule has 3 nitrogen and oxygen atoms in total. The molecule has 3 aromatic carbocycles. The average Bonchev–Trinajstić information content (AvgIpc) is 2.67. The fourth-order valence-corrected chi connectivity index (χ4v) is 2.88. The van der Waals surface area contributed by atoms with Crippen LogP contribution in [0, 0.1) is 0 Å². The van der Waals surface area contributed by atoms with Crippen molar-refractivity contribution < 1.29 is 14.6 Å². The number of para-hydroxylation sites is 2. The van der Waals surface area contributed by atoms with Crippen LogP contribution in [-0.2, 0) is 12.8 Å². The number of carboxylic acid groups (broad SMARTS) is 1. The van der Waals surface area contributed by atoms with E-state index in [0.717, 1.165) is 37.2 Å². The van der Waals surface area contributed by atoms with Crippen molar-refractivity contribution >= 4 is 5.97 Å². The molecule has 0 heterocycles. The lowest BCUT2D eigenvalue weighted by atomic mass is 10.0. The van der Waals surface area contributed by atoms with Crippen LogP contribution in [0.4, 0.5) is 0 Å². The molecule has 3 heteroatoms. The average molecular weight is 346 g/mol. The van der Waals surface area contributed by atoms with E-state index >= 15 is 0 Å². The Morgan fingerprint density at radius 1 is 0.769 bits per heavy atom. The van der Waals surface area contributed by atoms with Gasteiger partial charge in [-0.2, -0.15) is 0 Å². The number of hydrogen-bond acceptors (Lipinski definition) is 2. The smallest absolute Gasteiger partial charge is 0.335 e. The molecule has 0 aliphatic rings. The molecule has 0 amide bonds. The molecule has 0 bridgehead atoms. The molecule has 0 aliphatic carbocycles. The van der Waals surface area contributed by atoms with Crippen molar-refractivity contribution in [1.29, 1.82) is 0 Å². The number of rotatable bonds is 8. The van der Waals surface area contributed by atoms with Gasteiger partial charge in [-0.05, 0) is 67.1 Å². The molecule has 0 fully saturated rings. The molecular weight excluding hydrogens is 324 g/mol. The first-order chi connectivity index (χ1) is 12.7. The molecule has 26 heavy (non-hydrogen) atoms. The van der Waals surface area contributed by atoms with Gasteiger partial charge in [0.15, 0.2) is 0 Å². The second kappa shape index (κ2) is 8.86. The summed E-state index contributed by atoms with van der Waals surface area (Å²) in [5.74, 6) is 0.870. The minimum Gasteiger partial charge on any atom is -0.478 e. The van der Waals surface area contributed by atoms with Crippen molar-refractivity contribution in [3.05, 3.63) is 95.6 Å². The maximum absolute atomic E-state index is 10.9. The van der Waals surface area contributed by atoms with Crippen LogP contribution < -0.4 is 4.74 Å². The second-order valence-electron chi connectivity index (χ2n) is 6.23. The Bertz CT molecular complexity index is 839. The topological polar surface area (TPSA) is 46.5 Å². The lowest BCUT2D eigenvalue weighted by Gasteiger charge is -2.11. The van der Waals surface area contributed by atoms with E-state index in [9.17, 15) is 4.79 Å². The van der Waals surface area contributed by atoms with Gasteiger partial charge >= 0.3 is 5.97 Å². The van der Waals surface area contributed by atoms with Gasteiger partial charge in [0.2, 0.25) is 0 Å². The highest BCUT2D eigenvalue weighted by Crippen LogP contribution is 2.26. The Balaban J connectivity index is 1.52. The van der Waals surface area contributed by atoms with Crippen LogP contribution >= 0.6 is 0 Å². The van der Waals surface area contributed by atoms with Gasteiger partial charge in [-0.15, -0.1) is 0 Å². The molecule has 1 N–H and O–H groups in total. The van der Waals surface area contributed by atoms with Crippen LogP contribution in [0.1, 0.15) is 34.3 Å². The molecule has 0 aliphatic heterocycles. The standard InChI is InChI=1S/C23H22O3/c24-23(25)20-16-14-18(15-17-20)8-4-5-9-19-10-6-7-13-22(19)26-21-11-2-1-3-12-21/h1-3,6-7,10-17H,4-5,8-9H2,(H,24,25). The molecular formula is C23H22O3. The van der Waals surface area contributed by atoms with Crippen molar-refractivity contribution in [2.45, 2.75) is 25.7 Å². The van der Waals surface area contributed by atoms with E-state index in [4.69, 9.17) is 9.84 Å². The van der Waals surface area contributed by atoms with Gasteiger partial charge in [0, 0.05) is 0 Å². The van der Waals surface area contributed by atoms with Crippen LogP contribution in [0.3, 0.4) is 0 Å². The third-order valence-electron chi connectivity index (χ3n) is 4.31. The van der Waals surface area contributed by atoms with Crippen molar-refractivity contribution in [2.24, 2.45) is 0 Å². The molecule has 0 aromatic heterocycles. The van der Waals surface area contributed by atoms with E-state index in [2.05, 4.69) is 6.07 Å². The van der Waals surface area contributed by atoms with E-state index in [-0.39, 0.29) is 0 Å². The highest BCUT2D eigenvalue weighted by molar-refractivity contribution is 5.87. The first-order valence-corrected chi connectivity index (χ1v) is 8.85. The number of benzene rings is 3. The van der Waals surface area contributed by atoms with Gasteiger partial charge < -0.3 is 9.84 Å². The van der Waals surface area contributed by atoms with Crippen LogP contribution in [0.5, 0.6) is 11.5 Å². The van der Waals surface area contributed by atoms with Crippen molar-refractivity contribution in [2.75, 3.05) is 0 Å². The normalized spacial score (nSPS) is 10.5. The third kappa shape index (κ3) is 4.96. The number of ether oxygens (including phenoxy) is 1. The van der Waals surface area contributed by atoms with Crippen LogP contribution in [0.15, 0.2) is 78.9 Å². The number of aromatic carboxylic acids is 1. The highest BCUT2D eigenvalue weighted by Gasteiger charge is 2.05. The van der Waals surface area contributed by atoms with E-state index in [1.54, 1.807) is 12.1 Å². The summed E-state index contributed by atoms with van der Waals surface area (Å²) in [7, 11) is 0. The van der Waals surface area contributed by atoms with E-state index < -0.39 is 5.97 Å². The fourth-order valence-electron chi connectivity index (χ4n) is 2.88. The Labute approximate surface area is 153 Å². The number of carbonyl (C=O) groups is 1. The Hall–Kier alpha value is -3.07. The maximum atomic E-state index is 10.9. The largest absolute Gasteiger partial charge is 0.478 e. The van der Waals surface area contributed by atoms with Gasteiger partial charge in [-0.1, -0.05) is 48.5 Å². The Morgan fingerprint density at radius 3 is 2.15 bits per heavy atom. The molecule has 0 spiro atoms. The quantitative estimate of drug-likeness (QED) is 0.529. The number of unbranched alkanes of at least 4 members (excludes halogenated alkanes) is 1. The summed E-state index contributed by atoms with van der Waals surface area (Å²) in [5.41, 5.74) is 2.71. The first kappa shape index (κ1) is 17.7. The van der Waals surface area contributed by atoms with Gasteiger partial charge in [0.25, 0.3) is 0 Å². The summed E-state index contributed by atoms with van der Waals surface area (Å²) in [4.78, 5) is 10.9. The molecule has 3 rings (SSSR count). The van der Waals surface area contributed by atoms with Gasteiger partial charge in [0.1, 0.15) is 11.5 Å². The van der Waals surface area contributed by atoms with Gasteiger partial charge in [0.05, 0.1) is 5.56 Å². The lowest BCUT2D eigenvalue weighted by Crippen LogP contribution is -1.96. The predicted molar refractivity (Wildman–Crippen MR) is 103 cm³/mol. The fraction of sp³-hybridized carbons (Fsp3) is 0.174. The van der Waals surface area contributed by atoms with Crippen molar-refractivity contribution in [3.63, 3.8) is 0 Å². The zero-order valence-electron chi connectivity index (χ0n) is 14.6.